The Morgan fingerprint density at radius 1 is 1.35 bits per heavy atom. The lowest BCUT2D eigenvalue weighted by atomic mass is 10.2. The maximum atomic E-state index is 6.16. The third-order valence-electron chi connectivity index (χ3n) is 2.77. The number of aryl methyl sites for hydroxylation is 1. The first kappa shape index (κ1) is 11.9. The number of halogens is 1. The first-order chi connectivity index (χ1) is 8.09. The maximum Gasteiger partial charge on any atom is 0.105 e. The number of rotatable bonds is 3. The molecule has 0 saturated heterocycles. The van der Waals surface area contributed by atoms with Crippen molar-refractivity contribution >= 4 is 23.0 Å². The van der Waals surface area contributed by atoms with Crippen molar-refractivity contribution in [2.24, 2.45) is 0 Å². The van der Waals surface area contributed by atoms with Gasteiger partial charge in [-0.25, -0.2) is 0 Å². The van der Waals surface area contributed by atoms with Crippen LogP contribution in [0.1, 0.15) is 11.3 Å². The van der Waals surface area contributed by atoms with E-state index in [0.29, 0.717) is 10.7 Å². The molecule has 0 atom stereocenters. The fourth-order valence-corrected chi connectivity index (χ4v) is 2.17. The molecule has 3 nitrogen and oxygen atoms in total. The lowest BCUT2D eigenvalue weighted by Crippen LogP contribution is -2.18. The zero-order valence-electron chi connectivity index (χ0n) is 9.90. The Kier molecular flexibility index (Phi) is 3.29. The van der Waals surface area contributed by atoms with Crippen LogP contribution in [-0.4, -0.2) is 7.05 Å². The molecule has 1 aromatic heterocycles. The van der Waals surface area contributed by atoms with Gasteiger partial charge >= 0.3 is 0 Å². The topological polar surface area (TPSA) is 42.4 Å². The van der Waals surface area contributed by atoms with Gasteiger partial charge in [-0.15, -0.1) is 0 Å². The number of anilines is 2. The Morgan fingerprint density at radius 2 is 2.12 bits per heavy atom. The molecule has 1 aromatic carbocycles. The smallest absolute Gasteiger partial charge is 0.105 e. The molecule has 0 saturated carbocycles. The average Bonchev–Trinajstić information content (AvgIpc) is 2.64. The van der Waals surface area contributed by atoms with Crippen LogP contribution in [-0.2, 0) is 6.54 Å². The Hall–Kier alpha value is -1.61. The number of nitrogens with two attached hydrogens (primary N) is 1. The summed E-state index contributed by atoms with van der Waals surface area (Å²) in [6.07, 6.45) is 1.69. The summed E-state index contributed by atoms with van der Waals surface area (Å²) in [5.74, 6) is 0.919. The van der Waals surface area contributed by atoms with Crippen LogP contribution in [0.4, 0.5) is 11.4 Å². The lowest BCUT2D eigenvalue weighted by Gasteiger charge is -2.22. The number of nitrogens with zero attached hydrogens (tertiary/aromatic N) is 1. The van der Waals surface area contributed by atoms with E-state index >= 15 is 0 Å². The number of nitrogen functional groups attached to an aromatic ring is 1. The van der Waals surface area contributed by atoms with Gasteiger partial charge in [0.2, 0.25) is 0 Å². The SMILES string of the molecule is Cc1occc1CN(C)c1c(N)cccc1Cl. The van der Waals surface area contributed by atoms with Gasteiger partial charge in [-0.3, -0.25) is 0 Å². The van der Waals surface area contributed by atoms with E-state index in [0.717, 1.165) is 23.6 Å². The molecule has 0 aliphatic heterocycles. The van der Waals surface area contributed by atoms with Crippen molar-refractivity contribution in [1.82, 2.24) is 0 Å². The molecular weight excluding hydrogens is 236 g/mol. The minimum absolute atomic E-state index is 0.661. The highest BCUT2D eigenvalue weighted by Crippen LogP contribution is 2.32. The molecule has 2 N–H and O–H groups in total. The van der Waals surface area contributed by atoms with E-state index in [2.05, 4.69) is 0 Å². The van der Waals surface area contributed by atoms with Crippen LogP contribution in [0.2, 0.25) is 5.02 Å². The zero-order valence-corrected chi connectivity index (χ0v) is 10.7. The monoisotopic (exact) mass is 250 g/mol. The molecule has 4 heteroatoms. The van der Waals surface area contributed by atoms with Crippen molar-refractivity contribution in [2.45, 2.75) is 13.5 Å². The molecule has 2 aromatic rings. The molecule has 0 aliphatic carbocycles. The predicted octanol–water partition coefficient (Wildman–Crippen LogP) is 3.46. The van der Waals surface area contributed by atoms with Crippen LogP contribution in [0, 0.1) is 6.92 Å². The van der Waals surface area contributed by atoms with E-state index in [9.17, 15) is 0 Å². The van der Waals surface area contributed by atoms with E-state index in [4.69, 9.17) is 21.8 Å². The minimum Gasteiger partial charge on any atom is -0.469 e. The van der Waals surface area contributed by atoms with Crippen molar-refractivity contribution in [3.05, 3.63) is 46.9 Å². The van der Waals surface area contributed by atoms with Gasteiger partial charge in [-0.1, -0.05) is 17.7 Å². The molecule has 0 unspecified atom stereocenters. The van der Waals surface area contributed by atoms with E-state index in [1.54, 1.807) is 6.26 Å². The van der Waals surface area contributed by atoms with Crippen molar-refractivity contribution in [1.29, 1.82) is 0 Å². The Balaban J connectivity index is 2.26. The second-order valence-corrected chi connectivity index (χ2v) is 4.44. The highest BCUT2D eigenvalue weighted by Gasteiger charge is 2.12. The van der Waals surface area contributed by atoms with Crippen molar-refractivity contribution in [2.75, 3.05) is 17.7 Å². The summed E-state index contributed by atoms with van der Waals surface area (Å²) in [6, 6.07) is 7.49. The molecule has 0 fully saturated rings. The quantitative estimate of drug-likeness (QED) is 0.849. The van der Waals surface area contributed by atoms with Gasteiger partial charge in [0.05, 0.1) is 22.7 Å². The van der Waals surface area contributed by atoms with Crippen LogP contribution in [0.3, 0.4) is 0 Å². The van der Waals surface area contributed by atoms with Crippen molar-refractivity contribution < 1.29 is 4.42 Å². The number of hydrogen-bond donors (Lipinski definition) is 1. The van der Waals surface area contributed by atoms with Crippen LogP contribution in [0.5, 0.6) is 0 Å². The number of hydrogen-bond acceptors (Lipinski definition) is 3. The summed E-state index contributed by atoms with van der Waals surface area (Å²) < 4.78 is 5.27. The Labute approximate surface area is 106 Å². The Bertz CT molecular complexity index is 502. The van der Waals surface area contributed by atoms with Crippen LogP contribution >= 0.6 is 11.6 Å². The number of benzene rings is 1. The normalized spacial score (nSPS) is 10.5. The highest BCUT2D eigenvalue weighted by atomic mass is 35.5. The van der Waals surface area contributed by atoms with E-state index in [1.807, 2.05) is 43.1 Å². The van der Waals surface area contributed by atoms with Gasteiger partial charge in [-0.2, -0.15) is 0 Å². The second kappa shape index (κ2) is 4.72. The largest absolute Gasteiger partial charge is 0.469 e. The molecule has 1 heterocycles. The standard InChI is InChI=1S/C13H15ClN2O/c1-9-10(6-7-17-9)8-16(2)13-11(14)4-3-5-12(13)15/h3-7H,8,15H2,1-2H3. The van der Waals surface area contributed by atoms with Crippen molar-refractivity contribution in [3.63, 3.8) is 0 Å². The van der Waals surface area contributed by atoms with E-state index in [-0.39, 0.29) is 0 Å². The van der Waals surface area contributed by atoms with Crippen LogP contribution < -0.4 is 10.6 Å². The molecule has 0 amide bonds. The molecule has 0 spiro atoms. The summed E-state index contributed by atoms with van der Waals surface area (Å²) in [5.41, 5.74) is 8.61. The molecule has 90 valence electrons. The zero-order chi connectivity index (χ0) is 12.4. The van der Waals surface area contributed by atoms with Gasteiger partial charge in [0.25, 0.3) is 0 Å². The molecule has 2 rings (SSSR count). The van der Waals surface area contributed by atoms with Gasteiger partial charge in [0.15, 0.2) is 0 Å². The summed E-state index contributed by atoms with van der Waals surface area (Å²) in [6.45, 7) is 2.66. The second-order valence-electron chi connectivity index (χ2n) is 4.04. The summed E-state index contributed by atoms with van der Waals surface area (Å²) >= 11 is 6.16. The molecule has 17 heavy (non-hydrogen) atoms. The minimum atomic E-state index is 0.661. The fourth-order valence-electron chi connectivity index (χ4n) is 1.84. The average molecular weight is 251 g/mol. The van der Waals surface area contributed by atoms with Crippen molar-refractivity contribution in [3.8, 4) is 0 Å². The first-order valence-electron chi connectivity index (χ1n) is 5.37. The molecular formula is C13H15ClN2O. The Morgan fingerprint density at radius 3 is 2.71 bits per heavy atom. The maximum absolute atomic E-state index is 6.16. The van der Waals surface area contributed by atoms with E-state index in [1.165, 1.54) is 0 Å². The van der Waals surface area contributed by atoms with Gasteiger partial charge in [0.1, 0.15) is 5.76 Å². The third kappa shape index (κ3) is 2.39. The lowest BCUT2D eigenvalue weighted by molar-refractivity contribution is 0.529. The van der Waals surface area contributed by atoms with Crippen LogP contribution in [0.25, 0.3) is 0 Å². The third-order valence-corrected chi connectivity index (χ3v) is 3.08. The van der Waals surface area contributed by atoms with Crippen LogP contribution in [0.15, 0.2) is 34.9 Å². The summed E-state index contributed by atoms with van der Waals surface area (Å²) in [7, 11) is 1.96. The van der Waals surface area contributed by atoms with Gasteiger partial charge in [0, 0.05) is 19.2 Å². The van der Waals surface area contributed by atoms with Gasteiger partial charge in [-0.05, 0) is 25.1 Å². The van der Waals surface area contributed by atoms with E-state index < -0.39 is 0 Å². The molecule has 0 bridgehead atoms. The van der Waals surface area contributed by atoms with Gasteiger partial charge < -0.3 is 15.1 Å². The summed E-state index contributed by atoms with van der Waals surface area (Å²) in [4.78, 5) is 2.02. The molecule has 0 radical (unpaired) electrons. The molecule has 0 aliphatic rings. The first-order valence-corrected chi connectivity index (χ1v) is 5.75. The highest BCUT2D eigenvalue weighted by molar-refractivity contribution is 6.33. The number of furan rings is 1. The summed E-state index contributed by atoms with van der Waals surface area (Å²) in [5, 5.41) is 0.661. The predicted molar refractivity (Wildman–Crippen MR) is 71.4 cm³/mol. The number of para-hydroxylation sites is 1. The fraction of sp³-hybridized carbons (Fsp3) is 0.231.